The molecule has 1 aliphatic heterocycles. The number of carbonyl (C=O) groups excluding carboxylic acids is 1. The molecular formula is C11H13ClN2O2. The molecule has 1 amide bonds. The summed E-state index contributed by atoms with van der Waals surface area (Å²) in [6.45, 7) is 0.803. The van der Waals surface area contributed by atoms with Crippen LogP contribution in [0.2, 0.25) is 5.02 Å². The third kappa shape index (κ3) is 2.35. The summed E-state index contributed by atoms with van der Waals surface area (Å²) in [4.78, 5) is 11.9. The maximum Gasteiger partial charge on any atom is 0.246 e. The van der Waals surface area contributed by atoms with Crippen LogP contribution in [0.1, 0.15) is 6.42 Å². The fourth-order valence-electron chi connectivity index (χ4n) is 1.55. The average molecular weight is 241 g/mol. The van der Waals surface area contributed by atoms with Crippen molar-refractivity contribution in [1.29, 1.82) is 0 Å². The highest BCUT2D eigenvalue weighted by Gasteiger charge is 2.38. The highest BCUT2D eigenvalue weighted by atomic mass is 35.5. The summed E-state index contributed by atoms with van der Waals surface area (Å²) in [6.07, 6.45) is 0.548. The maximum atomic E-state index is 11.9. The number of hydrogen-bond donors (Lipinski definition) is 2. The van der Waals surface area contributed by atoms with Gasteiger partial charge in [0.25, 0.3) is 0 Å². The van der Waals surface area contributed by atoms with Crippen molar-refractivity contribution in [3.8, 4) is 0 Å². The lowest BCUT2D eigenvalue weighted by Gasteiger charge is -2.20. The summed E-state index contributed by atoms with van der Waals surface area (Å²) in [5, 5.41) is 3.38. The number of nitrogens with two attached hydrogens (primary N) is 1. The largest absolute Gasteiger partial charge is 0.379 e. The second-order valence-electron chi connectivity index (χ2n) is 3.92. The van der Waals surface area contributed by atoms with E-state index in [9.17, 15) is 4.79 Å². The minimum absolute atomic E-state index is 0.215. The lowest BCUT2D eigenvalue weighted by molar-refractivity contribution is -0.121. The third-order valence-electron chi connectivity index (χ3n) is 2.61. The van der Waals surface area contributed by atoms with Crippen LogP contribution in [0, 0.1) is 0 Å². The molecule has 0 saturated carbocycles. The van der Waals surface area contributed by atoms with E-state index in [0.29, 0.717) is 23.7 Å². The maximum absolute atomic E-state index is 11.9. The van der Waals surface area contributed by atoms with Gasteiger partial charge in [-0.1, -0.05) is 11.6 Å². The smallest absolute Gasteiger partial charge is 0.246 e. The molecule has 1 aliphatic rings. The van der Waals surface area contributed by atoms with Gasteiger partial charge in [-0.3, -0.25) is 4.79 Å². The van der Waals surface area contributed by atoms with Gasteiger partial charge < -0.3 is 15.8 Å². The molecule has 1 saturated heterocycles. The molecule has 0 radical (unpaired) electrons. The van der Waals surface area contributed by atoms with Gasteiger partial charge in [-0.2, -0.15) is 0 Å². The number of ether oxygens (including phenoxy) is 1. The van der Waals surface area contributed by atoms with Gasteiger partial charge in [0.1, 0.15) is 5.54 Å². The minimum atomic E-state index is -0.903. The van der Waals surface area contributed by atoms with Crippen LogP contribution in [0.3, 0.4) is 0 Å². The van der Waals surface area contributed by atoms with Crippen molar-refractivity contribution in [3.05, 3.63) is 29.3 Å². The molecular weight excluding hydrogens is 228 g/mol. The van der Waals surface area contributed by atoms with Crippen LogP contribution in [0.15, 0.2) is 24.3 Å². The molecule has 0 spiro atoms. The highest BCUT2D eigenvalue weighted by molar-refractivity contribution is 6.30. The first-order valence-electron chi connectivity index (χ1n) is 5.04. The summed E-state index contributed by atoms with van der Waals surface area (Å²) >= 11 is 5.75. The van der Waals surface area contributed by atoms with Gasteiger partial charge in [-0.05, 0) is 30.7 Å². The van der Waals surface area contributed by atoms with Gasteiger partial charge in [0.2, 0.25) is 5.91 Å². The monoisotopic (exact) mass is 240 g/mol. The number of anilines is 1. The SMILES string of the molecule is NC1(C(=O)Nc2ccc(Cl)cc2)CCOC1. The number of amides is 1. The number of carbonyl (C=O) groups is 1. The van der Waals surface area contributed by atoms with Crippen LogP contribution in [-0.4, -0.2) is 24.7 Å². The molecule has 5 heteroatoms. The van der Waals surface area contributed by atoms with Crippen molar-refractivity contribution in [1.82, 2.24) is 0 Å². The fraction of sp³-hybridized carbons (Fsp3) is 0.364. The van der Waals surface area contributed by atoms with Gasteiger partial charge in [-0.25, -0.2) is 0 Å². The lowest BCUT2D eigenvalue weighted by atomic mass is 9.99. The molecule has 0 aromatic heterocycles. The lowest BCUT2D eigenvalue weighted by Crippen LogP contribution is -2.51. The number of nitrogens with one attached hydrogen (secondary N) is 1. The number of benzene rings is 1. The molecule has 1 atom stereocenters. The Kier molecular flexibility index (Phi) is 3.14. The Bertz CT molecular complexity index is 385. The van der Waals surface area contributed by atoms with Crippen molar-refractivity contribution < 1.29 is 9.53 Å². The predicted molar refractivity (Wildman–Crippen MR) is 62.4 cm³/mol. The molecule has 1 aromatic carbocycles. The number of halogens is 1. The Morgan fingerprint density at radius 1 is 1.44 bits per heavy atom. The molecule has 1 fully saturated rings. The van der Waals surface area contributed by atoms with Crippen molar-refractivity contribution in [3.63, 3.8) is 0 Å². The van der Waals surface area contributed by atoms with E-state index in [4.69, 9.17) is 22.1 Å². The summed E-state index contributed by atoms with van der Waals surface area (Å²) in [5.74, 6) is -0.215. The van der Waals surface area contributed by atoms with Crippen LogP contribution in [0.5, 0.6) is 0 Å². The molecule has 1 aromatic rings. The van der Waals surface area contributed by atoms with E-state index in [1.807, 2.05) is 0 Å². The van der Waals surface area contributed by atoms with Crippen molar-refractivity contribution >= 4 is 23.2 Å². The van der Waals surface area contributed by atoms with Crippen LogP contribution in [0.4, 0.5) is 5.69 Å². The van der Waals surface area contributed by atoms with Crippen molar-refractivity contribution in [2.45, 2.75) is 12.0 Å². The summed E-state index contributed by atoms with van der Waals surface area (Å²) in [5.41, 5.74) is 5.70. The quantitative estimate of drug-likeness (QED) is 0.821. The Labute approximate surface area is 98.7 Å². The molecule has 16 heavy (non-hydrogen) atoms. The standard InChI is InChI=1S/C11H13ClN2O2/c12-8-1-3-9(4-2-8)14-10(15)11(13)5-6-16-7-11/h1-4H,5-7,13H2,(H,14,15). The summed E-state index contributed by atoms with van der Waals surface area (Å²) < 4.78 is 5.13. The minimum Gasteiger partial charge on any atom is -0.379 e. The van der Waals surface area contributed by atoms with Gasteiger partial charge in [0.05, 0.1) is 6.61 Å². The van der Waals surface area contributed by atoms with Gasteiger partial charge in [0, 0.05) is 17.3 Å². The van der Waals surface area contributed by atoms with Crippen molar-refractivity contribution in [2.75, 3.05) is 18.5 Å². The van der Waals surface area contributed by atoms with Crippen LogP contribution in [-0.2, 0) is 9.53 Å². The van der Waals surface area contributed by atoms with E-state index in [1.165, 1.54) is 0 Å². The van der Waals surface area contributed by atoms with Crippen molar-refractivity contribution in [2.24, 2.45) is 5.73 Å². The van der Waals surface area contributed by atoms with E-state index >= 15 is 0 Å². The summed E-state index contributed by atoms with van der Waals surface area (Å²) in [6, 6.07) is 6.90. The second kappa shape index (κ2) is 4.41. The van der Waals surface area contributed by atoms with E-state index < -0.39 is 5.54 Å². The number of hydrogen-bond acceptors (Lipinski definition) is 3. The summed E-state index contributed by atoms with van der Waals surface area (Å²) in [7, 11) is 0. The molecule has 0 aliphatic carbocycles. The third-order valence-corrected chi connectivity index (χ3v) is 2.86. The zero-order valence-corrected chi connectivity index (χ0v) is 9.46. The van der Waals surface area contributed by atoms with Gasteiger partial charge >= 0.3 is 0 Å². The van der Waals surface area contributed by atoms with Gasteiger partial charge in [-0.15, -0.1) is 0 Å². The molecule has 3 N–H and O–H groups in total. The molecule has 86 valence electrons. The molecule has 1 heterocycles. The number of rotatable bonds is 2. The van der Waals surface area contributed by atoms with E-state index in [1.54, 1.807) is 24.3 Å². The Morgan fingerprint density at radius 2 is 2.12 bits per heavy atom. The average Bonchev–Trinajstić information content (AvgIpc) is 2.70. The Morgan fingerprint density at radius 3 is 2.69 bits per heavy atom. The first-order chi connectivity index (χ1) is 7.60. The predicted octanol–water partition coefficient (Wildman–Crippen LogP) is 1.40. The zero-order chi connectivity index (χ0) is 11.6. The normalized spacial score (nSPS) is 24.4. The first kappa shape index (κ1) is 11.4. The van der Waals surface area contributed by atoms with Crippen LogP contribution < -0.4 is 11.1 Å². The van der Waals surface area contributed by atoms with E-state index in [0.717, 1.165) is 0 Å². The van der Waals surface area contributed by atoms with E-state index in [-0.39, 0.29) is 12.5 Å². The molecule has 0 bridgehead atoms. The molecule has 4 nitrogen and oxygen atoms in total. The second-order valence-corrected chi connectivity index (χ2v) is 4.36. The Balaban J connectivity index is 2.04. The first-order valence-corrected chi connectivity index (χ1v) is 5.42. The molecule has 1 unspecified atom stereocenters. The van der Waals surface area contributed by atoms with E-state index in [2.05, 4.69) is 5.32 Å². The molecule has 2 rings (SSSR count). The van der Waals surface area contributed by atoms with Gasteiger partial charge in [0.15, 0.2) is 0 Å². The Hall–Kier alpha value is -1.10. The highest BCUT2D eigenvalue weighted by Crippen LogP contribution is 2.19. The van der Waals surface area contributed by atoms with Crippen LogP contribution >= 0.6 is 11.6 Å². The fourth-order valence-corrected chi connectivity index (χ4v) is 1.67. The van der Waals surface area contributed by atoms with Crippen LogP contribution in [0.25, 0.3) is 0 Å². The zero-order valence-electron chi connectivity index (χ0n) is 8.70. The topological polar surface area (TPSA) is 64.4 Å².